The van der Waals surface area contributed by atoms with Gasteiger partial charge in [-0.3, -0.25) is 15.6 Å². The predicted molar refractivity (Wildman–Crippen MR) is 134 cm³/mol. The SMILES string of the molecule is O=C(NNC(=S)NCCCCN1CCCCC1)c1ccc2[nH]cc(-c3ccccc3)c2c1. The minimum absolute atomic E-state index is 0.221. The first-order valence-corrected chi connectivity index (χ1v) is 11.8. The molecule has 2 aromatic carbocycles. The van der Waals surface area contributed by atoms with E-state index in [1.165, 1.54) is 32.4 Å². The standard InChI is InChI=1S/C25H31N5OS/c31-24(28-29-25(32)26-13-5-8-16-30-14-6-2-7-15-30)20-11-12-23-21(17-20)22(18-27-23)19-9-3-1-4-10-19/h1,3-4,9-12,17-18,27H,2,5-8,13-16H2,(H,28,31)(H2,26,29,32). The maximum atomic E-state index is 12.6. The molecule has 4 rings (SSSR count). The Morgan fingerprint density at radius 1 is 1.00 bits per heavy atom. The quantitative estimate of drug-likeness (QED) is 0.247. The number of aromatic nitrogens is 1. The second-order valence-electron chi connectivity index (χ2n) is 8.27. The smallest absolute Gasteiger partial charge is 0.269 e. The van der Waals surface area contributed by atoms with Crippen molar-refractivity contribution in [1.29, 1.82) is 0 Å². The van der Waals surface area contributed by atoms with Gasteiger partial charge in [-0.05, 0) is 81.3 Å². The van der Waals surface area contributed by atoms with Crippen molar-refractivity contribution >= 4 is 34.1 Å². The summed E-state index contributed by atoms with van der Waals surface area (Å²) in [6.07, 6.45) is 8.22. The summed E-state index contributed by atoms with van der Waals surface area (Å²) in [5.41, 5.74) is 9.26. The topological polar surface area (TPSA) is 72.2 Å². The molecule has 1 aromatic heterocycles. The van der Waals surface area contributed by atoms with Gasteiger partial charge in [0.25, 0.3) is 5.91 Å². The van der Waals surface area contributed by atoms with Crippen molar-refractivity contribution in [3.63, 3.8) is 0 Å². The molecule has 168 valence electrons. The Kier molecular flexibility index (Phi) is 7.74. The van der Waals surface area contributed by atoms with Crippen molar-refractivity contribution in [3.8, 4) is 11.1 Å². The monoisotopic (exact) mass is 449 g/mol. The van der Waals surface area contributed by atoms with Gasteiger partial charge in [-0.2, -0.15) is 0 Å². The summed E-state index contributed by atoms with van der Waals surface area (Å²) in [6, 6.07) is 15.8. The Hall–Kier alpha value is -2.90. The van der Waals surface area contributed by atoms with E-state index in [9.17, 15) is 4.79 Å². The lowest BCUT2D eigenvalue weighted by Gasteiger charge is -2.26. The number of piperidine rings is 1. The maximum absolute atomic E-state index is 12.6. The average molecular weight is 450 g/mol. The Morgan fingerprint density at radius 3 is 2.62 bits per heavy atom. The van der Waals surface area contributed by atoms with Gasteiger partial charge in [0.1, 0.15) is 0 Å². The van der Waals surface area contributed by atoms with Gasteiger partial charge in [-0.25, -0.2) is 0 Å². The molecule has 2 heterocycles. The van der Waals surface area contributed by atoms with E-state index >= 15 is 0 Å². The number of hydrogen-bond acceptors (Lipinski definition) is 3. The number of likely N-dealkylation sites (tertiary alicyclic amines) is 1. The number of fused-ring (bicyclic) bond motifs is 1. The number of amides is 1. The number of carbonyl (C=O) groups excluding carboxylic acids is 1. The average Bonchev–Trinajstić information content (AvgIpc) is 3.27. The molecule has 0 radical (unpaired) electrons. The zero-order chi connectivity index (χ0) is 22.2. The number of H-pyrrole nitrogens is 1. The minimum atomic E-state index is -0.221. The highest BCUT2D eigenvalue weighted by atomic mass is 32.1. The predicted octanol–water partition coefficient (Wildman–Crippen LogP) is 4.21. The molecule has 0 aliphatic carbocycles. The lowest BCUT2D eigenvalue weighted by Crippen LogP contribution is -2.47. The van der Waals surface area contributed by atoms with Crippen molar-refractivity contribution in [1.82, 2.24) is 26.1 Å². The summed E-state index contributed by atoms with van der Waals surface area (Å²) in [5.74, 6) is -0.221. The van der Waals surface area contributed by atoms with Gasteiger partial charge in [-0.15, -0.1) is 0 Å². The van der Waals surface area contributed by atoms with Crippen LogP contribution in [0, 0.1) is 0 Å². The minimum Gasteiger partial charge on any atom is -0.361 e. The lowest BCUT2D eigenvalue weighted by atomic mass is 10.0. The number of aromatic amines is 1. The normalized spacial score (nSPS) is 14.2. The third kappa shape index (κ3) is 5.87. The summed E-state index contributed by atoms with van der Waals surface area (Å²) in [4.78, 5) is 18.5. The van der Waals surface area contributed by atoms with Gasteiger partial charge in [0.05, 0.1) is 0 Å². The first-order chi connectivity index (χ1) is 15.7. The Labute approximate surface area is 194 Å². The number of carbonyl (C=O) groups is 1. The third-order valence-corrected chi connectivity index (χ3v) is 6.20. The number of hydrazine groups is 1. The van der Waals surface area contributed by atoms with E-state index in [0.717, 1.165) is 48.0 Å². The van der Waals surface area contributed by atoms with Crippen LogP contribution in [0.3, 0.4) is 0 Å². The molecular weight excluding hydrogens is 418 g/mol. The number of thiocarbonyl (C=S) groups is 1. The molecule has 1 fully saturated rings. The highest BCUT2D eigenvalue weighted by molar-refractivity contribution is 7.80. The van der Waals surface area contributed by atoms with E-state index < -0.39 is 0 Å². The van der Waals surface area contributed by atoms with Crippen molar-refractivity contribution in [2.24, 2.45) is 0 Å². The summed E-state index contributed by atoms with van der Waals surface area (Å²) in [7, 11) is 0. The summed E-state index contributed by atoms with van der Waals surface area (Å²) in [5, 5.41) is 4.61. The van der Waals surface area contributed by atoms with Gasteiger partial charge in [0.2, 0.25) is 0 Å². The van der Waals surface area contributed by atoms with Gasteiger partial charge in [0, 0.05) is 34.8 Å². The van der Waals surface area contributed by atoms with Gasteiger partial charge in [0.15, 0.2) is 5.11 Å². The van der Waals surface area contributed by atoms with Crippen LogP contribution in [0.25, 0.3) is 22.0 Å². The fourth-order valence-corrected chi connectivity index (χ4v) is 4.35. The van der Waals surface area contributed by atoms with Gasteiger partial charge >= 0.3 is 0 Å². The van der Waals surface area contributed by atoms with Gasteiger partial charge < -0.3 is 15.2 Å². The van der Waals surface area contributed by atoms with Crippen LogP contribution >= 0.6 is 12.2 Å². The number of unbranched alkanes of at least 4 members (excludes halogenated alkanes) is 1. The maximum Gasteiger partial charge on any atom is 0.269 e. The van der Waals surface area contributed by atoms with E-state index in [1.807, 2.05) is 42.6 Å². The van der Waals surface area contributed by atoms with Crippen molar-refractivity contribution in [3.05, 3.63) is 60.3 Å². The van der Waals surface area contributed by atoms with E-state index in [-0.39, 0.29) is 5.91 Å². The Balaban J connectivity index is 1.23. The van der Waals surface area contributed by atoms with Crippen molar-refractivity contribution in [2.75, 3.05) is 26.2 Å². The Bertz CT molecular complexity index is 1040. The molecule has 7 heteroatoms. The zero-order valence-electron chi connectivity index (χ0n) is 18.3. The van der Waals surface area contributed by atoms with Crippen LogP contribution in [-0.4, -0.2) is 47.1 Å². The second-order valence-corrected chi connectivity index (χ2v) is 8.68. The first kappa shape index (κ1) is 22.3. The summed E-state index contributed by atoms with van der Waals surface area (Å²) < 4.78 is 0. The molecule has 32 heavy (non-hydrogen) atoms. The molecule has 0 atom stereocenters. The van der Waals surface area contributed by atoms with Crippen LogP contribution in [0.2, 0.25) is 0 Å². The molecule has 0 saturated carbocycles. The van der Waals surface area contributed by atoms with Crippen LogP contribution in [-0.2, 0) is 0 Å². The van der Waals surface area contributed by atoms with E-state index in [1.54, 1.807) is 0 Å². The summed E-state index contributed by atoms with van der Waals surface area (Å²) in [6.45, 7) is 4.43. The van der Waals surface area contributed by atoms with Crippen LogP contribution < -0.4 is 16.2 Å². The molecule has 3 aromatic rings. The zero-order valence-corrected chi connectivity index (χ0v) is 19.1. The molecule has 0 unspecified atom stereocenters. The fraction of sp³-hybridized carbons (Fsp3) is 0.360. The number of nitrogens with zero attached hydrogens (tertiary/aromatic N) is 1. The number of nitrogens with one attached hydrogen (secondary N) is 4. The van der Waals surface area contributed by atoms with Crippen molar-refractivity contribution < 1.29 is 4.79 Å². The molecule has 1 saturated heterocycles. The number of hydrogen-bond donors (Lipinski definition) is 4. The molecule has 0 spiro atoms. The van der Waals surface area contributed by atoms with Crippen LogP contribution in [0.1, 0.15) is 42.5 Å². The number of rotatable bonds is 7. The van der Waals surface area contributed by atoms with Crippen LogP contribution in [0.5, 0.6) is 0 Å². The third-order valence-electron chi connectivity index (χ3n) is 5.95. The van der Waals surface area contributed by atoms with E-state index in [0.29, 0.717) is 10.7 Å². The molecule has 0 bridgehead atoms. The molecule has 1 aliphatic heterocycles. The van der Waals surface area contributed by atoms with Crippen LogP contribution in [0.4, 0.5) is 0 Å². The highest BCUT2D eigenvalue weighted by Crippen LogP contribution is 2.29. The number of benzene rings is 2. The largest absolute Gasteiger partial charge is 0.361 e. The van der Waals surface area contributed by atoms with Crippen LogP contribution in [0.15, 0.2) is 54.7 Å². The fourth-order valence-electron chi connectivity index (χ4n) is 4.19. The molecule has 1 amide bonds. The summed E-state index contributed by atoms with van der Waals surface area (Å²) >= 11 is 5.29. The van der Waals surface area contributed by atoms with E-state index in [4.69, 9.17) is 12.2 Å². The molecular formula is C25H31N5OS. The molecule has 4 N–H and O–H groups in total. The molecule has 1 aliphatic rings. The molecule has 6 nitrogen and oxygen atoms in total. The Morgan fingerprint density at radius 2 is 1.81 bits per heavy atom. The van der Waals surface area contributed by atoms with Gasteiger partial charge in [-0.1, -0.05) is 36.8 Å². The van der Waals surface area contributed by atoms with Crippen molar-refractivity contribution in [2.45, 2.75) is 32.1 Å². The second kappa shape index (κ2) is 11.1. The lowest BCUT2D eigenvalue weighted by molar-refractivity contribution is 0.0944. The highest BCUT2D eigenvalue weighted by Gasteiger charge is 2.11. The van der Waals surface area contributed by atoms with E-state index in [2.05, 4.69) is 38.2 Å². The first-order valence-electron chi connectivity index (χ1n) is 11.4.